The number of likely N-dealkylation sites (tertiary alicyclic amines) is 1. The van der Waals surface area contributed by atoms with E-state index in [2.05, 4.69) is 11.9 Å². The average molecular weight is 199 g/mol. The van der Waals surface area contributed by atoms with Gasteiger partial charge in [-0.25, -0.2) is 0 Å². The first-order valence-electron chi connectivity index (χ1n) is 6.49. The smallest absolute Gasteiger partial charge is 0.00474 e. The van der Waals surface area contributed by atoms with E-state index in [-0.39, 0.29) is 0 Å². The van der Waals surface area contributed by atoms with Crippen molar-refractivity contribution in [3.05, 3.63) is 0 Å². The second-order valence-corrected chi connectivity index (χ2v) is 4.23. The van der Waals surface area contributed by atoms with E-state index < -0.39 is 0 Å². The van der Waals surface area contributed by atoms with Crippen molar-refractivity contribution in [3.8, 4) is 0 Å². The fourth-order valence-corrected chi connectivity index (χ4v) is 2.72. The summed E-state index contributed by atoms with van der Waals surface area (Å²) >= 11 is 0. The molecule has 0 amide bonds. The van der Waals surface area contributed by atoms with Crippen LogP contribution in [0.1, 0.15) is 59.8 Å². The van der Waals surface area contributed by atoms with Crippen LogP contribution < -0.4 is 0 Å². The van der Waals surface area contributed by atoms with Crippen LogP contribution >= 0.6 is 0 Å². The molecular formula is C13H29N. The third-order valence-corrected chi connectivity index (χ3v) is 3.12. The number of hydrogen-bond donors (Lipinski definition) is 0. The molecule has 0 radical (unpaired) electrons. The number of hydrogen-bond acceptors (Lipinski definition) is 1. The van der Waals surface area contributed by atoms with Crippen LogP contribution in [0.3, 0.4) is 0 Å². The Kier molecular flexibility index (Phi) is 7.26. The first-order valence-corrected chi connectivity index (χ1v) is 6.49. The van der Waals surface area contributed by atoms with E-state index in [0.717, 1.165) is 5.41 Å². The lowest BCUT2D eigenvalue weighted by molar-refractivity contribution is -0.00940. The minimum atomic E-state index is 0.799. The van der Waals surface area contributed by atoms with Gasteiger partial charge in [0.25, 0.3) is 0 Å². The summed E-state index contributed by atoms with van der Waals surface area (Å²) in [5.41, 5.74) is 0.799. The van der Waals surface area contributed by atoms with Gasteiger partial charge in [-0.05, 0) is 25.3 Å². The Hall–Kier alpha value is -0.0400. The summed E-state index contributed by atoms with van der Waals surface area (Å²) < 4.78 is 0. The number of rotatable bonds is 0. The molecule has 1 heterocycles. The summed E-state index contributed by atoms with van der Waals surface area (Å²) in [6.45, 7) is 10.8. The molecule has 0 aromatic rings. The van der Waals surface area contributed by atoms with Crippen LogP contribution in [0.2, 0.25) is 0 Å². The lowest BCUT2D eigenvalue weighted by Crippen LogP contribution is -2.54. The highest BCUT2D eigenvalue weighted by Gasteiger charge is 2.41. The lowest BCUT2D eigenvalue weighted by atomic mass is 9.69. The van der Waals surface area contributed by atoms with Gasteiger partial charge in [-0.3, -0.25) is 0 Å². The minimum absolute atomic E-state index is 0.799. The molecule has 14 heavy (non-hydrogen) atoms. The maximum absolute atomic E-state index is 2.45. The van der Waals surface area contributed by atoms with Gasteiger partial charge in [0.2, 0.25) is 0 Å². The molecule has 0 aromatic carbocycles. The van der Waals surface area contributed by atoms with Crippen molar-refractivity contribution < 1.29 is 0 Å². The fourth-order valence-electron chi connectivity index (χ4n) is 2.72. The van der Waals surface area contributed by atoms with Gasteiger partial charge in [-0.1, -0.05) is 47.0 Å². The van der Waals surface area contributed by atoms with Gasteiger partial charge in [0.1, 0.15) is 0 Å². The van der Waals surface area contributed by atoms with E-state index >= 15 is 0 Å². The largest absolute Gasteiger partial charge is 0.305 e. The van der Waals surface area contributed by atoms with Crippen molar-refractivity contribution >= 4 is 0 Å². The Morgan fingerprint density at radius 2 is 1.21 bits per heavy atom. The molecule has 2 aliphatic rings. The SMILES string of the molecule is CC.CC.CN1CC2(CCCCC2)C1. The Morgan fingerprint density at radius 3 is 1.57 bits per heavy atom. The maximum Gasteiger partial charge on any atom is 0.00474 e. The molecule has 1 nitrogen and oxygen atoms in total. The van der Waals surface area contributed by atoms with Gasteiger partial charge in [-0.15, -0.1) is 0 Å². The average Bonchev–Trinajstić information content (AvgIpc) is 2.23. The third kappa shape index (κ3) is 3.61. The van der Waals surface area contributed by atoms with Crippen LogP contribution in [0, 0.1) is 5.41 Å². The summed E-state index contributed by atoms with van der Waals surface area (Å²) in [7, 11) is 2.24. The van der Waals surface area contributed by atoms with Gasteiger partial charge >= 0.3 is 0 Å². The summed E-state index contributed by atoms with van der Waals surface area (Å²) in [5.74, 6) is 0. The molecule has 1 heteroatoms. The molecule has 0 atom stereocenters. The van der Waals surface area contributed by atoms with Crippen molar-refractivity contribution in [3.63, 3.8) is 0 Å². The predicted octanol–water partition coefficient (Wildman–Crippen LogP) is 3.93. The van der Waals surface area contributed by atoms with Crippen LogP contribution in [-0.2, 0) is 0 Å². The first kappa shape index (κ1) is 14.0. The summed E-state index contributed by atoms with van der Waals surface area (Å²) in [6.07, 6.45) is 7.50. The van der Waals surface area contributed by atoms with Crippen LogP contribution in [0.5, 0.6) is 0 Å². The molecule has 0 aromatic heterocycles. The highest BCUT2D eigenvalue weighted by atomic mass is 15.2. The second kappa shape index (κ2) is 7.28. The highest BCUT2D eigenvalue weighted by molar-refractivity contribution is 4.94. The molecule has 0 unspecified atom stereocenters. The number of nitrogens with zero attached hydrogens (tertiary/aromatic N) is 1. The molecule has 2 fully saturated rings. The molecular weight excluding hydrogens is 170 g/mol. The lowest BCUT2D eigenvalue weighted by Gasteiger charge is -2.51. The van der Waals surface area contributed by atoms with Crippen molar-refractivity contribution in [2.24, 2.45) is 5.41 Å². The van der Waals surface area contributed by atoms with Gasteiger partial charge in [0.05, 0.1) is 0 Å². The first-order chi connectivity index (χ1) is 6.81. The Bertz CT molecular complexity index is 110. The van der Waals surface area contributed by atoms with Crippen molar-refractivity contribution in [2.45, 2.75) is 59.8 Å². The summed E-state index contributed by atoms with van der Waals surface area (Å²) in [5, 5.41) is 0. The predicted molar refractivity (Wildman–Crippen MR) is 65.7 cm³/mol. The molecule has 86 valence electrons. The monoisotopic (exact) mass is 199 g/mol. The second-order valence-electron chi connectivity index (χ2n) is 4.23. The molecule has 1 spiro atoms. The third-order valence-electron chi connectivity index (χ3n) is 3.12. The molecule has 0 N–H and O–H groups in total. The van der Waals surface area contributed by atoms with Crippen LogP contribution in [0.4, 0.5) is 0 Å². The zero-order valence-corrected chi connectivity index (χ0v) is 10.9. The van der Waals surface area contributed by atoms with Crippen LogP contribution in [0.15, 0.2) is 0 Å². The zero-order valence-electron chi connectivity index (χ0n) is 10.9. The fraction of sp³-hybridized carbons (Fsp3) is 1.00. The Labute approximate surface area is 90.9 Å². The van der Waals surface area contributed by atoms with Crippen molar-refractivity contribution in [1.82, 2.24) is 4.90 Å². The molecule has 1 aliphatic heterocycles. The van der Waals surface area contributed by atoms with Crippen molar-refractivity contribution in [1.29, 1.82) is 0 Å². The minimum Gasteiger partial charge on any atom is -0.305 e. The Balaban J connectivity index is 0.000000379. The summed E-state index contributed by atoms with van der Waals surface area (Å²) in [6, 6.07) is 0. The molecule has 1 aliphatic carbocycles. The Morgan fingerprint density at radius 1 is 0.786 bits per heavy atom. The molecule has 2 rings (SSSR count). The van der Waals surface area contributed by atoms with Crippen molar-refractivity contribution in [2.75, 3.05) is 20.1 Å². The van der Waals surface area contributed by atoms with E-state index in [0.29, 0.717) is 0 Å². The van der Waals surface area contributed by atoms with E-state index in [4.69, 9.17) is 0 Å². The van der Waals surface area contributed by atoms with Crippen LogP contribution in [0.25, 0.3) is 0 Å². The van der Waals surface area contributed by atoms with Crippen LogP contribution in [-0.4, -0.2) is 25.0 Å². The highest BCUT2D eigenvalue weighted by Crippen LogP contribution is 2.42. The quantitative estimate of drug-likeness (QED) is 0.571. The molecule has 1 saturated heterocycles. The van der Waals surface area contributed by atoms with E-state index in [1.165, 1.54) is 45.2 Å². The van der Waals surface area contributed by atoms with E-state index in [1.807, 2.05) is 27.7 Å². The van der Waals surface area contributed by atoms with Gasteiger partial charge < -0.3 is 4.90 Å². The van der Waals surface area contributed by atoms with Gasteiger partial charge in [-0.2, -0.15) is 0 Å². The standard InChI is InChI=1S/C9H17N.2C2H6/c1-10-7-9(8-10)5-3-2-4-6-9;2*1-2/h2-8H2,1H3;2*1-2H3. The molecule has 1 saturated carbocycles. The zero-order chi connectivity index (χ0) is 11.0. The van der Waals surface area contributed by atoms with E-state index in [9.17, 15) is 0 Å². The maximum atomic E-state index is 2.45. The topological polar surface area (TPSA) is 3.24 Å². The van der Waals surface area contributed by atoms with Gasteiger partial charge in [0.15, 0.2) is 0 Å². The summed E-state index contributed by atoms with van der Waals surface area (Å²) in [4.78, 5) is 2.45. The van der Waals surface area contributed by atoms with E-state index in [1.54, 1.807) is 0 Å². The molecule has 0 bridgehead atoms. The normalized spacial score (nSPS) is 23.8. The van der Waals surface area contributed by atoms with Gasteiger partial charge in [0, 0.05) is 13.1 Å².